The largest absolute Gasteiger partial charge is 0.287 e. The number of amides is 1. The normalized spacial score (nSPS) is 11.5. The molecule has 0 N–H and O–H groups in total. The second-order valence-corrected chi connectivity index (χ2v) is 7.34. The molecule has 0 fully saturated rings. The number of rotatable bonds is 4. The minimum atomic E-state index is 0.00707. The van der Waals surface area contributed by atoms with Crippen molar-refractivity contribution in [1.29, 1.82) is 0 Å². The van der Waals surface area contributed by atoms with Gasteiger partial charge in [0.15, 0.2) is 0 Å². The summed E-state index contributed by atoms with van der Waals surface area (Å²) in [5, 5.41) is 9.93. The molecule has 0 aliphatic heterocycles. The number of carbonyl (C=O) groups is 1. The van der Waals surface area contributed by atoms with Crippen molar-refractivity contribution >= 4 is 22.4 Å². The third-order valence-electron chi connectivity index (χ3n) is 3.47. The van der Waals surface area contributed by atoms with Crippen LogP contribution in [0, 0.1) is 0 Å². The van der Waals surface area contributed by atoms with Gasteiger partial charge in [-0.25, -0.2) is 0 Å². The topological polar surface area (TPSA) is 46.1 Å². The Morgan fingerprint density at radius 3 is 2.32 bits per heavy atom. The number of hydrogen-bond donors (Lipinski definition) is 0. The van der Waals surface area contributed by atoms with Gasteiger partial charge in [-0.1, -0.05) is 63.3 Å². The lowest BCUT2D eigenvalue weighted by atomic mass is 9.87. The van der Waals surface area contributed by atoms with E-state index in [4.69, 9.17) is 0 Å². The van der Waals surface area contributed by atoms with Crippen LogP contribution in [0.3, 0.4) is 0 Å². The van der Waals surface area contributed by atoms with Crippen LogP contribution >= 0.6 is 11.3 Å². The Hall–Kier alpha value is -1.75. The van der Waals surface area contributed by atoms with Gasteiger partial charge in [0, 0.05) is 19.0 Å². The molecule has 0 saturated carbocycles. The third kappa shape index (κ3) is 3.71. The molecule has 1 heterocycles. The molecule has 0 aliphatic carbocycles. The van der Waals surface area contributed by atoms with Gasteiger partial charge in [-0.3, -0.25) is 9.69 Å². The second kappa shape index (κ2) is 6.57. The van der Waals surface area contributed by atoms with Gasteiger partial charge >= 0.3 is 0 Å². The van der Waals surface area contributed by atoms with E-state index in [9.17, 15) is 4.79 Å². The maximum absolute atomic E-state index is 11.7. The predicted octanol–water partition coefficient (Wildman–Crippen LogP) is 4.27. The smallest absolute Gasteiger partial charge is 0.225 e. The van der Waals surface area contributed by atoms with Crippen LogP contribution in [-0.2, 0) is 10.2 Å². The summed E-state index contributed by atoms with van der Waals surface area (Å²) in [6.45, 7) is 10.9. The lowest BCUT2D eigenvalue weighted by Gasteiger charge is -2.18. The number of hydrogen-bond acceptors (Lipinski definition) is 4. The van der Waals surface area contributed by atoms with E-state index in [2.05, 4.69) is 55.2 Å². The van der Waals surface area contributed by atoms with Crippen LogP contribution < -0.4 is 4.90 Å². The molecule has 0 spiro atoms. The van der Waals surface area contributed by atoms with Crippen LogP contribution in [0.25, 0.3) is 10.6 Å². The molecule has 0 aliphatic rings. The average molecular weight is 317 g/mol. The van der Waals surface area contributed by atoms with E-state index >= 15 is 0 Å². The summed E-state index contributed by atoms with van der Waals surface area (Å²) in [6.07, 6.45) is 0.898. The number of nitrogens with zero attached hydrogens (tertiary/aromatic N) is 3. The Kier molecular flexibility index (Phi) is 4.96. The van der Waals surface area contributed by atoms with Crippen LogP contribution in [0.4, 0.5) is 5.13 Å². The van der Waals surface area contributed by atoms with E-state index in [1.807, 2.05) is 6.92 Å². The van der Waals surface area contributed by atoms with Gasteiger partial charge in [-0.05, 0) is 17.4 Å². The van der Waals surface area contributed by atoms with Crippen molar-refractivity contribution < 1.29 is 4.79 Å². The zero-order chi connectivity index (χ0) is 16.3. The Labute approximate surface area is 136 Å². The molecule has 5 heteroatoms. The maximum Gasteiger partial charge on any atom is 0.225 e. The minimum Gasteiger partial charge on any atom is -0.287 e. The van der Waals surface area contributed by atoms with Gasteiger partial charge in [-0.15, -0.1) is 10.2 Å². The second-order valence-electron chi connectivity index (χ2n) is 6.39. The number of aromatic nitrogens is 2. The molecule has 1 amide bonds. The Morgan fingerprint density at radius 2 is 1.82 bits per heavy atom. The van der Waals surface area contributed by atoms with Crippen molar-refractivity contribution in [3.8, 4) is 10.6 Å². The van der Waals surface area contributed by atoms with Crippen LogP contribution in [0.1, 0.15) is 46.6 Å². The molecule has 4 nitrogen and oxygen atoms in total. The number of benzene rings is 1. The zero-order valence-electron chi connectivity index (χ0n) is 13.9. The Balaban J connectivity index is 2.26. The summed E-state index contributed by atoms with van der Waals surface area (Å²) < 4.78 is 0. The molecule has 0 unspecified atom stereocenters. The standard InChI is InChI=1S/C17H23N3OS/c1-6-11-20(12(2)21)16-19-18-15(22-16)13-7-9-14(10-8-13)17(3,4)5/h7-10H,6,11H2,1-5H3. The minimum absolute atomic E-state index is 0.00707. The molecular weight excluding hydrogens is 294 g/mol. The zero-order valence-corrected chi connectivity index (χ0v) is 14.7. The summed E-state index contributed by atoms with van der Waals surface area (Å²) >= 11 is 1.46. The van der Waals surface area contributed by atoms with E-state index in [0.717, 1.165) is 17.0 Å². The Bertz CT molecular complexity index is 641. The van der Waals surface area contributed by atoms with Gasteiger partial charge in [-0.2, -0.15) is 0 Å². The molecule has 2 aromatic rings. The highest BCUT2D eigenvalue weighted by molar-refractivity contribution is 7.18. The van der Waals surface area contributed by atoms with Gasteiger partial charge in [0.2, 0.25) is 11.0 Å². The predicted molar refractivity (Wildman–Crippen MR) is 92.4 cm³/mol. The van der Waals surface area contributed by atoms with E-state index in [-0.39, 0.29) is 11.3 Å². The summed E-state index contributed by atoms with van der Waals surface area (Å²) in [4.78, 5) is 13.4. The van der Waals surface area contributed by atoms with E-state index in [0.29, 0.717) is 11.7 Å². The molecule has 0 saturated heterocycles. The summed E-state index contributed by atoms with van der Waals surface area (Å²) in [5.41, 5.74) is 2.46. The quantitative estimate of drug-likeness (QED) is 0.846. The van der Waals surface area contributed by atoms with Gasteiger partial charge in [0.25, 0.3) is 0 Å². The third-order valence-corrected chi connectivity index (χ3v) is 4.47. The molecule has 0 atom stereocenters. The molecule has 0 radical (unpaired) electrons. The molecule has 1 aromatic carbocycles. The highest BCUT2D eigenvalue weighted by Crippen LogP contribution is 2.30. The monoisotopic (exact) mass is 317 g/mol. The van der Waals surface area contributed by atoms with E-state index in [1.54, 1.807) is 11.8 Å². The molecular formula is C17H23N3OS. The first kappa shape index (κ1) is 16.6. The van der Waals surface area contributed by atoms with Crippen molar-refractivity contribution in [2.45, 2.75) is 46.5 Å². The summed E-state index contributed by atoms with van der Waals surface area (Å²) in [6, 6.07) is 8.40. The summed E-state index contributed by atoms with van der Waals surface area (Å²) in [7, 11) is 0. The van der Waals surface area contributed by atoms with Gasteiger partial charge in [0.1, 0.15) is 5.01 Å². The lowest BCUT2D eigenvalue weighted by Crippen LogP contribution is -2.28. The highest BCUT2D eigenvalue weighted by Gasteiger charge is 2.17. The highest BCUT2D eigenvalue weighted by atomic mass is 32.1. The van der Waals surface area contributed by atoms with Crippen LogP contribution in [0.15, 0.2) is 24.3 Å². The first-order valence-electron chi connectivity index (χ1n) is 7.55. The van der Waals surface area contributed by atoms with Crippen molar-refractivity contribution in [1.82, 2.24) is 10.2 Å². The fourth-order valence-corrected chi connectivity index (χ4v) is 3.09. The molecule has 118 valence electrons. The molecule has 2 rings (SSSR count). The first-order chi connectivity index (χ1) is 10.3. The van der Waals surface area contributed by atoms with E-state index in [1.165, 1.54) is 16.9 Å². The average Bonchev–Trinajstić information content (AvgIpc) is 2.93. The fourth-order valence-electron chi connectivity index (χ4n) is 2.17. The fraction of sp³-hybridized carbons (Fsp3) is 0.471. The van der Waals surface area contributed by atoms with E-state index < -0.39 is 0 Å². The van der Waals surface area contributed by atoms with Gasteiger partial charge < -0.3 is 0 Å². The molecule has 22 heavy (non-hydrogen) atoms. The Morgan fingerprint density at radius 1 is 1.18 bits per heavy atom. The van der Waals surface area contributed by atoms with Crippen molar-refractivity contribution in [2.24, 2.45) is 0 Å². The van der Waals surface area contributed by atoms with Crippen LogP contribution in [-0.4, -0.2) is 22.6 Å². The maximum atomic E-state index is 11.7. The molecule has 0 bridgehead atoms. The number of anilines is 1. The van der Waals surface area contributed by atoms with Crippen molar-refractivity contribution in [2.75, 3.05) is 11.4 Å². The van der Waals surface area contributed by atoms with Gasteiger partial charge in [0.05, 0.1) is 0 Å². The van der Waals surface area contributed by atoms with Crippen LogP contribution in [0.5, 0.6) is 0 Å². The van der Waals surface area contributed by atoms with Crippen molar-refractivity contribution in [3.63, 3.8) is 0 Å². The lowest BCUT2D eigenvalue weighted by molar-refractivity contribution is -0.116. The molecule has 1 aromatic heterocycles. The van der Waals surface area contributed by atoms with Crippen LogP contribution in [0.2, 0.25) is 0 Å². The van der Waals surface area contributed by atoms with Crippen molar-refractivity contribution in [3.05, 3.63) is 29.8 Å². The first-order valence-corrected chi connectivity index (χ1v) is 8.37. The SMILES string of the molecule is CCCN(C(C)=O)c1nnc(-c2ccc(C(C)(C)C)cc2)s1. The summed E-state index contributed by atoms with van der Waals surface area (Å²) in [5.74, 6) is 0.00707. The number of carbonyl (C=O) groups excluding carboxylic acids is 1.